The molecule has 0 radical (unpaired) electrons. The summed E-state index contributed by atoms with van der Waals surface area (Å²) in [6.07, 6.45) is 8.03. The van der Waals surface area contributed by atoms with E-state index < -0.39 is 0 Å². The van der Waals surface area contributed by atoms with Crippen LogP contribution in [0, 0.1) is 0 Å². The smallest absolute Gasteiger partial charge is 0.135 e. The summed E-state index contributed by atoms with van der Waals surface area (Å²) in [5, 5.41) is 0. The summed E-state index contributed by atoms with van der Waals surface area (Å²) in [5.74, 6) is 0.450. The molecule has 0 saturated carbocycles. The van der Waals surface area contributed by atoms with Gasteiger partial charge in [0.15, 0.2) is 0 Å². The first kappa shape index (κ1) is 16.6. The van der Waals surface area contributed by atoms with Gasteiger partial charge < -0.3 is 9.80 Å². The zero-order valence-electron chi connectivity index (χ0n) is 13.0. The number of hydrogen-bond donors (Lipinski definition) is 0. The zero-order chi connectivity index (χ0) is 13.9. The third kappa shape index (κ3) is 7.68. The molecule has 0 atom stereocenters. The summed E-state index contributed by atoms with van der Waals surface area (Å²) < 4.78 is 0. The van der Waals surface area contributed by atoms with Crippen LogP contribution in [0.15, 0.2) is 0 Å². The highest BCUT2D eigenvalue weighted by Crippen LogP contribution is 2.08. The molecular formula is C16H32N2O. The molecule has 19 heavy (non-hydrogen) atoms. The third-order valence-corrected chi connectivity index (χ3v) is 3.94. The molecule has 0 aromatic carbocycles. The Hall–Kier alpha value is -0.410. The molecule has 0 aliphatic carbocycles. The second-order valence-corrected chi connectivity index (χ2v) is 5.78. The van der Waals surface area contributed by atoms with Crippen LogP contribution in [0.25, 0.3) is 0 Å². The zero-order valence-corrected chi connectivity index (χ0v) is 13.0. The highest BCUT2D eigenvalue weighted by atomic mass is 16.1. The summed E-state index contributed by atoms with van der Waals surface area (Å²) in [5.41, 5.74) is 0. The number of nitrogens with zero attached hydrogens (tertiary/aromatic N) is 2. The maximum absolute atomic E-state index is 11.2. The molecule has 1 heterocycles. The lowest BCUT2D eigenvalue weighted by atomic mass is 10.1. The lowest BCUT2D eigenvalue weighted by Gasteiger charge is -2.26. The topological polar surface area (TPSA) is 23.6 Å². The highest BCUT2D eigenvalue weighted by molar-refractivity contribution is 5.79. The maximum atomic E-state index is 11.2. The van der Waals surface area contributed by atoms with Gasteiger partial charge in [-0.15, -0.1) is 0 Å². The lowest BCUT2D eigenvalue weighted by Crippen LogP contribution is -2.34. The van der Waals surface area contributed by atoms with Gasteiger partial charge in [0.2, 0.25) is 0 Å². The van der Waals surface area contributed by atoms with E-state index in [4.69, 9.17) is 0 Å². The average Bonchev–Trinajstić information content (AvgIpc) is 2.41. The van der Waals surface area contributed by atoms with Crippen molar-refractivity contribution in [3.63, 3.8) is 0 Å². The Morgan fingerprint density at radius 1 is 0.947 bits per heavy atom. The SMILES string of the molecule is CCCN(CCC)CCCCCN1CCC(=O)CC1. The van der Waals surface area contributed by atoms with E-state index in [9.17, 15) is 4.79 Å². The van der Waals surface area contributed by atoms with Crippen molar-refractivity contribution in [1.82, 2.24) is 9.80 Å². The van der Waals surface area contributed by atoms with E-state index in [1.807, 2.05) is 0 Å². The monoisotopic (exact) mass is 268 g/mol. The minimum absolute atomic E-state index is 0.450. The first-order chi connectivity index (χ1) is 9.26. The predicted octanol–water partition coefficient (Wildman–Crippen LogP) is 2.94. The van der Waals surface area contributed by atoms with Crippen LogP contribution < -0.4 is 0 Å². The van der Waals surface area contributed by atoms with Gasteiger partial charge in [0.1, 0.15) is 5.78 Å². The summed E-state index contributed by atoms with van der Waals surface area (Å²) in [6.45, 7) is 11.5. The van der Waals surface area contributed by atoms with Crippen molar-refractivity contribution in [3.8, 4) is 0 Å². The van der Waals surface area contributed by atoms with Gasteiger partial charge >= 0.3 is 0 Å². The number of piperidine rings is 1. The molecule has 1 saturated heterocycles. The van der Waals surface area contributed by atoms with Crippen LogP contribution in [-0.4, -0.2) is 54.9 Å². The van der Waals surface area contributed by atoms with Crippen LogP contribution in [0.5, 0.6) is 0 Å². The fourth-order valence-corrected chi connectivity index (χ4v) is 2.84. The summed E-state index contributed by atoms with van der Waals surface area (Å²) >= 11 is 0. The highest BCUT2D eigenvalue weighted by Gasteiger charge is 2.15. The number of rotatable bonds is 10. The van der Waals surface area contributed by atoms with Gasteiger partial charge in [-0.25, -0.2) is 0 Å². The van der Waals surface area contributed by atoms with E-state index in [1.54, 1.807) is 0 Å². The number of Topliss-reactive ketones (excluding diaryl/α,β-unsaturated/α-hetero) is 1. The number of unbranched alkanes of at least 4 members (excludes halogenated alkanes) is 2. The van der Waals surface area contributed by atoms with Gasteiger partial charge in [0.25, 0.3) is 0 Å². The molecule has 1 aliphatic rings. The van der Waals surface area contributed by atoms with Crippen molar-refractivity contribution in [3.05, 3.63) is 0 Å². The van der Waals surface area contributed by atoms with Gasteiger partial charge in [0, 0.05) is 25.9 Å². The first-order valence-corrected chi connectivity index (χ1v) is 8.22. The van der Waals surface area contributed by atoms with Crippen LogP contribution >= 0.6 is 0 Å². The molecule has 3 heteroatoms. The van der Waals surface area contributed by atoms with Crippen LogP contribution in [0.1, 0.15) is 58.8 Å². The van der Waals surface area contributed by atoms with Crippen LogP contribution in [-0.2, 0) is 4.79 Å². The molecule has 0 aromatic heterocycles. The Labute approximate surface area is 119 Å². The molecular weight excluding hydrogens is 236 g/mol. The van der Waals surface area contributed by atoms with E-state index in [2.05, 4.69) is 23.6 Å². The van der Waals surface area contributed by atoms with Crippen molar-refractivity contribution < 1.29 is 4.79 Å². The fraction of sp³-hybridized carbons (Fsp3) is 0.938. The second kappa shape index (κ2) is 10.4. The van der Waals surface area contributed by atoms with Crippen LogP contribution in [0.2, 0.25) is 0 Å². The van der Waals surface area contributed by atoms with Crippen LogP contribution in [0.3, 0.4) is 0 Å². The Balaban J connectivity index is 1.99. The molecule has 0 amide bonds. The molecule has 1 aliphatic heterocycles. The van der Waals surface area contributed by atoms with E-state index in [-0.39, 0.29) is 0 Å². The van der Waals surface area contributed by atoms with Gasteiger partial charge in [0.05, 0.1) is 0 Å². The standard InChI is InChI=1S/C16H32N2O/c1-3-10-17(11-4-2)12-6-5-7-13-18-14-8-16(19)9-15-18/h3-15H2,1-2H3. The lowest BCUT2D eigenvalue weighted by molar-refractivity contribution is -0.121. The molecule has 3 nitrogen and oxygen atoms in total. The molecule has 0 spiro atoms. The maximum Gasteiger partial charge on any atom is 0.135 e. The Bertz CT molecular complexity index is 227. The number of hydrogen-bond acceptors (Lipinski definition) is 3. The predicted molar refractivity (Wildman–Crippen MR) is 81.6 cm³/mol. The van der Waals surface area contributed by atoms with Gasteiger partial charge in [-0.05, 0) is 51.9 Å². The van der Waals surface area contributed by atoms with Crippen molar-refractivity contribution in [1.29, 1.82) is 0 Å². The van der Waals surface area contributed by atoms with Gasteiger partial charge in [-0.2, -0.15) is 0 Å². The average molecular weight is 268 g/mol. The minimum Gasteiger partial charge on any atom is -0.303 e. The Morgan fingerprint density at radius 3 is 2.16 bits per heavy atom. The van der Waals surface area contributed by atoms with E-state index in [0.717, 1.165) is 25.9 Å². The van der Waals surface area contributed by atoms with Crippen molar-refractivity contribution >= 4 is 5.78 Å². The number of carbonyl (C=O) groups excluding carboxylic acids is 1. The Kier molecular flexibility index (Phi) is 9.10. The third-order valence-electron chi connectivity index (χ3n) is 3.94. The normalized spacial score (nSPS) is 17.3. The van der Waals surface area contributed by atoms with Crippen molar-refractivity contribution in [2.75, 3.05) is 39.3 Å². The number of ketones is 1. The summed E-state index contributed by atoms with van der Waals surface area (Å²) in [6, 6.07) is 0. The van der Waals surface area contributed by atoms with E-state index in [1.165, 1.54) is 58.3 Å². The molecule has 1 rings (SSSR count). The second-order valence-electron chi connectivity index (χ2n) is 5.78. The van der Waals surface area contributed by atoms with Crippen molar-refractivity contribution in [2.45, 2.75) is 58.8 Å². The molecule has 0 N–H and O–H groups in total. The fourth-order valence-electron chi connectivity index (χ4n) is 2.84. The number of carbonyl (C=O) groups is 1. The quantitative estimate of drug-likeness (QED) is 0.569. The minimum atomic E-state index is 0.450. The van der Waals surface area contributed by atoms with Gasteiger partial charge in [-0.1, -0.05) is 20.3 Å². The molecule has 0 aromatic rings. The molecule has 0 bridgehead atoms. The first-order valence-electron chi connectivity index (χ1n) is 8.22. The van der Waals surface area contributed by atoms with E-state index in [0.29, 0.717) is 5.78 Å². The summed E-state index contributed by atoms with van der Waals surface area (Å²) in [4.78, 5) is 16.2. The molecule has 1 fully saturated rings. The molecule has 112 valence electrons. The van der Waals surface area contributed by atoms with Gasteiger partial charge in [-0.3, -0.25) is 4.79 Å². The largest absolute Gasteiger partial charge is 0.303 e. The van der Waals surface area contributed by atoms with Crippen LogP contribution in [0.4, 0.5) is 0 Å². The van der Waals surface area contributed by atoms with Crippen molar-refractivity contribution in [2.24, 2.45) is 0 Å². The Morgan fingerprint density at radius 2 is 1.58 bits per heavy atom. The number of likely N-dealkylation sites (tertiary alicyclic amines) is 1. The molecule has 0 unspecified atom stereocenters. The van der Waals surface area contributed by atoms with E-state index >= 15 is 0 Å². The summed E-state index contributed by atoms with van der Waals surface area (Å²) in [7, 11) is 0.